The highest BCUT2D eigenvalue weighted by Crippen LogP contribution is 2.30. The van der Waals surface area contributed by atoms with E-state index in [0.717, 1.165) is 0 Å². The largest absolute Gasteiger partial charge is 0.457 e. The third-order valence-electron chi connectivity index (χ3n) is 4.38. The van der Waals surface area contributed by atoms with Gasteiger partial charge in [0.05, 0.1) is 26.1 Å². The molecule has 2 saturated heterocycles. The molecule has 0 aromatic rings. The van der Waals surface area contributed by atoms with Crippen LogP contribution in [-0.4, -0.2) is 74.5 Å². The van der Waals surface area contributed by atoms with Gasteiger partial charge in [-0.3, -0.25) is 19.2 Å². The van der Waals surface area contributed by atoms with E-state index in [0.29, 0.717) is 0 Å². The van der Waals surface area contributed by atoms with Gasteiger partial charge in [0, 0.05) is 25.9 Å². The zero-order chi connectivity index (χ0) is 20.7. The molecule has 0 unspecified atom stereocenters. The van der Waals surface area contributed by atoms with Gasteiger partial charge in [-0.15, -0.1) is 0 Å². The lowest BCUT2D eigenvalue weighted by molar-refractivity contribution is -0.155. The van der Waals surface area contributed by atoms with Crippen LogP contribution in [0.2, 0.25) is 0 Å². The van der Waals surface area contributed by atoms with Crippen molar-refractivity contribution in [1.29, 1.82) is 0 Å². The Hall–Kier alpha value is -2.20. The lowest BCUT2D eigenvalue weighted by Crippen LogP contribution is -2.37. The van der Waals surface area contributed by atoms with Crippen molar-refractivity contribution in [2.75, 3.05) is 26.3 Å². The van der Waals surface area contributed by atoms with E-state index in [1.165, 1.54) is 6.92 Å². The fourth-order valence-electron chi connectivity index (χ4n) is 2.92. The third-order valence-corrected chi connectivity index (χ3v) is 4.38. The van der Waals surface area contributed by atoms with Crippen LogP contribution in [0.25, 0.3) is 0 Å². The van der Waals surface area contributed by atoms with Gasteiger partial charge in [0.25, 0.3) is 0 Å². The lowest BCUT2D eigenvalue weighted by atomic mass is 10.1. The van der Waals surface area contributed by atoms with E-state index >= 15 is 0 Å². The van der Waals surface area contributed by atoms with Crippen LogP contribution in [0.1, 0.15) is 33.6 Å². The molecule has 2 fully saturated rings. The van der Waals surface area contributed by atoms with Gasteiger partial charge in [0.15, 0.2) is 12.2 Å². The minimum atomic E-state index is -0.582. The molecule has 10 heteroatoms. The predicted octanol–water partition coefficient (Wildman–Crippen LogP) is -0.704. The number of nitrogens with one attached hydrogen (secondary N) is 2. The number of ether oxygens (including phenoxy) is 4. The van der Waals surface area contributed by atoms with Crippen LogP contribution >= 0.6 is 0 Å². The molecule has 0 bridgehead atoms. The highest BCUT2D eigenvalue weighted by atomic mass is 16.7. The second kappa shape index (κ2) is 10.4. The fourth-order valence-corrected chi connectivity index (χ4v) is 2.92. The molecule has 0 saturated carbocycles. The third kappa shape index (κ3) is 6.45. The van der Waals surface area contributed by atoms with Crippen molar-refractivity contribution < 1.29 is 38.1 Å². The Bertz CT molecular complexity index is 594. The van der Waals surface area contributed by atoms with E-state index in [1.54, 1.807) is 13.8 Å². The Labute approximate surface area is 163 Å². The second-order valence-electron chi connectivity index (χ2n) is 7.08. The fraction of sp³-hybridized carbons (Fsp3) is 0.778. The van der Waals surface area contributed by atoms with E-state index in [2.05, 4.69) is 10.6 Å². The summed E-state index contributed by atoms with van der Waals surface area (Å²) in [5.41, 5.74) is 0. The second-order valence-corrected chi connectivity index (χ2v) is 7.08. The Morgan fingerprint density at radius 2 is 1.36 bits per heavy atom. The van der Waals surface area contributed by atoms with Crippen molar-refractivity contribution in [3.63, 3.8) is 0 Å². The van der Waals surface area contributed by atoms with Crippen molar-refractivity contribution in [1.82, 2.24) is 10.6 Å². The monoisotopic (exact) mass is 400 g/mol. The van der Waals surface area contributed by atoms with Gasteiger partial charge in [0.2, 0.25) is 11.8 Å². The molecule has 158 valence electrons. The molecule has 2 aliphatic heterocycles. The van der Waals surface area contributed by atoms with Gasteiger partial charge in [-0.05, 0) is 0 Å². The molecule has 2 amide bonds. The van der Waals surface area contributed by atoms with Gasteiger partial charge in [0.1, 0.15) is 12.2 Å². The number of esters is 2. The summed E-state index contributed by atoms with van der Waals surface area (Å²) in [7, 11) is 0. The molecular weight excluding hydrogens is 372 g/mol. The lowest BCUT2D eigenvalue weighted by Gasteiger charge is -2.17. The van der Waals surface area contributed by atoms with Crippen LogP contribution in [0.3, 0.4) is 0 Å². The molecule has 0 radical (unpaired) electrons. The van der Waals surface area contributed by atoms with E-state index in [1.807, 2.05) is 0 Å². The first-order chi connectivity index (χ1) is 13.3. The van der Waals surface area contributed by atoms with Crippen molar-refractivity contribution >= 4 is 23.8 Å². The number of hydrogen-bond acceptors (Lipinski definition) is 8. The maximum Gasteiger partial charge on any atom is 0.308 e. The first kappa shape index (κ1) is 22.1. The van der Waals surface area contributed by atoms with Crippen LogP contribution in [0, 0.1) is 5.92 Å². The number of carbonyl (C=O) groups is 4. The quantitative estimate of drug-likeness (QED) is 0.486. The zero-order valence-corrected chi connectivity index (χ0v) is 16.4. The number of hydrogen-bond donors (Lipinski definition) is 2. The molecule has 0 spiro atoms. The van der Waals surface area contributed by atoms with Crippen LogP contribution < -0.4 is 10.6 Å². The minimum Gasteiger partial charge on any atom is -0.457 e. The van der Waals surface area contributed by atoms with E-state index in [9.17, 15) is 19.2 Å². The van der Waals surface area contributed by atoms with Crippen LogP contribution in [0.5, 0.6) is 0 Å². The highest BCUT2D eigenvalue weighted by Gasteiger charge is 2.51. The van der Waals surface area contributed by atoms with Gasteiger partial charge in [-0.25, -0.2) is 0 Å². The smallest absolute Gasteiger partial charge is 0.308 e. The topological polar surface area (TPSA) is 129 Å². The molecule has 0 aliphatic carbocycles. The van der Waals surface area contributed by atoms with E-state index in [-0.39, 0.29) is 56.9 Å². The average Bonchev–Trinajstić information content (AvgIpc) is 3.18. The van der Waals surface area contributed by atoms with Gasteiger partial charge >= 0.3 is 11.9 Å². The number of amides is 2. The number of carbonyl (C=O) groups excluding carboxylic acids is 4. The van der Waals surface area contributed by atoms with Crippen LogP contribution in [-0.2, 0) is 38.1 Å². The number of rotatable bonds is 9. The minimum absolute atomic E-state index is 0.0495. The van der Waals surface area contributed by atoms with Crippen molar-refractivity contribution in [2.24, 2.45) is 5.92 Å². The molecule has 2 N–H and O–H groups in total. The van der Waals surface area contributed by atoms with Gasteiger partial charge in [-0.1, -0.05) is 13.8 Å². The van der Waals surface area contributed by atoms with Crippen molar-refractivity contribution in [2.45, 2.75) is 58.0 Å². The van der Waals surface area contributed by atoms with Gasteiger partial charge in [-0.2, -0.15) is 0 Å². The number of fused-ring (bicyclic) bond motifs is 1. The maximum atomic E-state index is 12.0. The maximum absolute atomic E-state index is 12.0. The standard InChI is InChI=1S/C18H28N2O8/c1-10(2)18(24)20-7-5-15(23)28-13-9-26-16-12(8-25-17(13)16)27-14(22)4-6-19-11(3)21/h10,12-13,16-17H,4-9H2,1-3H3,(H,19,21)(H,20,24)/t12-,13-,16-,17-/m1/s1. The molecule has 2 aliphatic rings. The average molecular weight is 400 g/mol. The summed E-state index contributed by atoms with van der Waals surface area (Å²) in [6.07, 6.45) is -2.06. The van der Waals surface area contributed by atoms with Crippen LogP contribution in [0.4, 0.5) is 0 Å². The molecule has 4 atom stereocenters. The molecule has 0 aromatic heterocycles. The van der Waals surface area contributed by atoms with E-state index < -0.39 is 36.4 Å². The zero-order valence-electron chi connectivity index (χ0n) is 16.4. The Morgan fingerprint density at radius 1 is 0.893 bits per heavy atom. The SMILES string of the molecule is CC(=O)NCCC(=O)O[C@@H]1CO[C@H]2[C@@H]1OC[C@H]2OC(=O)CCNC(=O)C(C)C. The predicted molar refractivity (Wildman–Crippen MR) is 95.0 cm³/mol. The Kier molecular flexibility index (Phi) is 8.18. The molecule has 2 heterocycles. The van der Waals surface area contributed by atoms with Crippen molar-refractivity contribution in [3.8, 4) is 0 Å². The summed E-state index contributed by atoms with van der Waals surface area (Å²) in [6, 6.07) is 0. The normalized spacial score (nSPS) is 25.9. The summed E-state index contributed by atoms with van der Waals surface area (Å²) in [5.74, 6) is -1.42. The highest BCUT2D eigenvalue weighted by molar-refractivity contribution is 5.78. The molecule has 2 rings (SSSR count). The van der Waals surface area contributed by atoms with Gasteiger partial charge < -0.3 is 29.6 Å². The van der Waals surface area contributed by atoms with Crippen LogP contribution in [0.15, 0.2) is 0 Å². The Morgan fingerprint density at radius 3 is 1.79 bits per heavy atom. The molecule has 28 heavy (non-hydrogen) atoms. The summed E-state index contributed by atoms with van der Waals surface area (Å²) in [5, 5.41) is 5.17. The first-order valence-corrected chi connectivity index (χ1v) is 9.42. The summed E-state index contributed by atoms with van der Waals surface area (Å²) in [6.45, 7) is 5.61. The summed E-state index contributed by atoms with van der Waals surface area (Å²) >= 11 is 0. The Balaban J connectivity index is 1.70. The summed E-state index contributed by atoms with van der Waals surface area (Å²) < 4.78 is 21.9. The molecule has 10 nitrogen and oxygen atoms in total. The molecule has 0 aromatic carbocycles. The molecular formula is C18H28N2O8. The van der Waals surface area contributed by atoms with Crippen molar-refractivity contribution in [3.05, 3.63) is 0 Å². The summed E-state index contributed by atoms with van der Waals surface area (Å²) in [4.78, 5) is 46.1. The first-order valence-electron chi connectivity index (χ1n) is 9.42. The van der Waals surface area contributed by atoms with E-state index in [4.69, 9.17) is 18.9 Å².